The van der Waals surface area contributed by atoms with Gasteiger partial charge in [0.2, 0.25) is 0 Å². The summed E-state index contributed by atoms with van der Waals surface area (Å²) >= 11 is 0. The van der Waals surface area contributed by atoms with E-state index in [0.717, 1.165) is 24.9 Å². The maximum atomic E-state index is 9.97. The minimum atomic E-state index is -0.468. The molecular formula is C11H21NO. The first-order chi connectivity index (χ1) is 6.11. The van der Waals surface area contributed by atoms with E-state index in [1.54, 1.807) is 0 Å². The van der Waals surface area contributed by atoms with Gasteiger partial charge in [-0.2, -0.15) is 0 Å². The van der Waals surface area contributed by atoms with E-state index in [-0.39, 0.29) is 0 Å². The number of rotatable bonds is 3. The first kappa shape index (κ1) is 9.47. The Bertz CT molecular complexity index is 191. The van der Waals surface area contributed by atoms with E-state index in [1.807, 2.05) is 6.92 Å². The molecular weight excluding hydrogens is 162 g/mol. The average molecular weight is 183 g/mol. The molecule has 0 aromatic carbocycles. The lowest BCUT2D eigenvalue weighted by Gasteiger charge is -2.33. The molecule has 3 atom stereocenters. The van der Waals surface area contributed by atoms with Crippen molar-refractivity contribution in [3.05, 3.63) is 0 Å². The van der Waals surface area contributed by atoms with Crippen molar-refractivity contribution in [2.24, 2.45) is 5.92 Å². The summed E-state index contributed by atoms with van der Waals surface area (Å²) < 4.78 is 0. The van der Waals surface area contributed by atoms with Crippen molar-refractivity contribution >= 4 is 0 Å². The highest BCUT2D eigenvalue weighted by molar-refractivity contribution is 4.94. The van der Waals surface area contributed by atoms with E-state index >= 15 is 0 Å². The minimum absolute atomic E-state index is 0.468. The zero-order chi connectivity index (χ0) is 9.47. The van der Waals surface area contributed by atoms with Crippen LogP contribution in [0.25, 0.3) is 0 Å². The first-order valence-electron chi connectivity index (χ1n) is 5.57. The van der Waals surface area contributed by atoms with Crippen molar-refractivity contribution in [1.29, 1.82) is 0 Å². The van der Waals surface area contributed by atoms with Gasteiger partial charge >= 0.3 is 0 Å². The summed E-state index contributed by atoms with van der Waals surface area (Å²) in [7, 11) is 0. The topological polar surface area (TPSA) is 23.5 Å². The summed E-state index contributed by atoms with van der Waals surface area (Å²) in [6.07, 6.45) is 5.04. The molecule has 13 heavy (non-hydrogen) atoms. The van der Waals surface area contributed by atoms with E-state index in [4.69, 9.17) is 0 Å². The Morgan fingerprint density at radius 2 is 2.23 bits per heavy atom. The van der Waals surface area contributed by atoms with Crippen LogP contribution in [0.5, 0.6) is 0 Å². The van der Waals surface area contributed by atoms with Gasteiger partial charge in [-0.1, -0.05) is 6.92 Å². The molecule has 1 N–H and O–H groups in total. The van der Waals surface area contributed by atoms with Gasteiger partial charge in [-0.15, -0.1) is 0 Å². The van der Waals surface area contributed by atoms with E-state index < -0.39 is 5.60 Å². The number of piperidine rings is 1. The molecule has 0 amide bonds. The van der Waals surface area contributed by atoms with Crippen LogP contribution in [0.2, 0.25) is 0 Å². The lowest BCUT2D eigenvalue weighted by Crippen LogP contribution is -2.44. The molecule has 2 fully saturated rings. The predicted molar refractivity (Wildman–Crippen MR) is 53.6 cm³/mol. The lowest BCUT2D eigenvalue weighted by atomic mass is 10.0. The van der Waals surface area contributed by atoms with Crippen LogP contribution >= 0.6 is 0 Å². The van der Waals surface area contributed by atoms with Crippen molar-refractivity contribution < 1.29 is 5.11 Å². The quantitative estimate of drug-likeness (QED) is 0.719. The SMILES string of the molecule is CCC(C)(O)CN1CC2CCC1C2. The third kappa shape index (κ3) is 1.89. The van der Waals surface area contributed by atoms with E-state index in [9.17, 15) is 5.11 Å². The van der Waals surface area contributed by atoms with Gasteiger partial charge in [-0.3, -0.25) is 4.90 Å². The van der Waals surface area contributed by atoms with Crippen molar-refractivity contribution in [3.8, 4) is 0 Å². The molecule has 1 aliphatic carbocycles. The molecule has 0 aromatic heterocycles. The zero-order valence-corrected chi connectivity index (χ0v) is 8.79. The van der Waals surface area contributed by atoms with Crippen LogP contribution in [0.4, 0.5) is 0 Å². The predicted octanol–water partition coefficient (Wildman–Crippen LogP) is 1.63. The molecule has 1 aliphatic heterocycles. The second-order valence-electron chi connectivity index (χ2n) is 5.11. The highest BCUT2D eigenvalue weighted by Crippen LogP contribution is 2.38. The molecule has 2 aliphatic rings. The van der Waals surface area contributed by atoms with Crippen LogP contribution in [0.15, 0.2) is 0 Å². The molecule has 76 valence electrons. The number of hydrogen-bond acceptors (Lipinski definition) is 2. The molecule has 2 bridgehead atoms. The highest BCUT2D eigenvalue weighted by Gasteiger charge is 2.39. The normalized spacial score (nSPS) is 38.1. The largest absolute Gasteiger partial charge is 0.389 e. The molecule has 1 saturated carbocycles. The second kappa shape index (κ2) is 3.25. The Morgan fingerprint density at radius 3 is 2.69 bits per heavy atom. The van der Waals surface area contributed by atoms with Crippen LogP contribution in [0, 0.1) is 5.92 Å². The Labute approximate surface area is 80.9 Å². The summed E-state index contributed by atoms with van der Waals surface area (Å²) in [5, 5.41) is 9.97. The average Bonchev–Trinajstić information content (AvgIpc) is 2.64. The van der Waals surface area contributed by atoms with Gasteiger partial charge in [0.25, 0.3) is 0 Å². The van der Waals surface area contributed by atoms with Gasteiger partial charge in [-0.25, -0.2) is 0 Å². The Kier molecular flexibility index (Phi) is 2.37. The first-order valence-corrected chi connectivity index (χ1v) is 5.57. The monoisotopic (exact) mass is 183 g/mol. The summed E-state index contributed by atoms with van der Waals surface area (Å²) in [4.78, 5) is 2.50. The highest BCUT2D eigenvalue weighted by atomic mass is 16.3. The van der Waals surface area contributed by atoms with Crippen LogP contribution in [0.3, 0.4) is 0 Å². The van der Waals surface area contributed by atoms with E-state index in [1.165, 1.54) is 25.8 Å². The van der Waals surface area contributed by atoms with Gasteiger partial charge < -0.3 is 5.11 Å². The van der Waals surface area contributed by atoms with Crippen molar-refractivity contribution in [1.82, 2.24) is 4.90 Å². The number of hydrogen-bond donors (Lipinski definition) is 1. The Hall–Kier alpha value is -0.0800. The standard InChI is InChI=1S/C11H21NO/c1-3-11(2,13)8-12-7-9-4-5-10(12)6-9/h9-10,13H,3-8H2,1-2H3. The molecule has 1 heterocycles. The van der Waals surface area contributed by atoms with Gasteiger partial charge in [-0.05, 0) is 38.5 Å². The zero-order valence-electron chi connectivity index (χ0n) is 8.79. The number of likely N-dealkylation sites (tertiary alicyclic amines) is 1. The van der Waals surface area contributed by atoms with Crippen molar-refractivity contribution in [3.63, 3.8) is 0 Å². The number of fused-ring (bicyclic) bond motifs is 2. The summed E-state index contributed by atoms with van der Waals surface area (Å²) in [5.41, 5.74) is -0.468. The Balaban J connectivity index is 1.89. The fraction of sp³-hybridized carbons (Fsp3) is 1.00. The van der Waals surface area contributed by atoms with E-state index in [0.29, 0.717) is 0 Å². The van der Waals surface area contributed by atoms with Crippen LogP contribution in [-0.2, 0) is 0 Å². The Morgan fingerprint density at radius 1 is 1.46 bits per heavy atom. The van der Waals surface area contributed by atoms with Gasteiger partial charge in [0.05, 0.1) is 5.60 Å². The maximum absolute atomic E-state index is 9.97. The number of nitrogens with zero attached hydrogens (tertiary/aromatic N) is 1. The smallest absolute Gasteiger partial charge is 0.0743 e. The molecule has 3 unspecified atom stereocenters. The summed E-state index contributed by atoms with van der Waals surface area (Å²) in [5.74, 6) is 0.942. The second-order valence-corrected chi connectivity index (χ2v) is 5.11. The summed E-state index contributed by atoms with van der Waals surface area (Å²) in [6, 6.07) is 0.794. The third-order valence-corrected chi connectivity index (χ3v) is 3.83. The van der Waals surface area contributed by atoms with Crippen LogP contribution in [0.1, 0.15) is 39.5 Å². The molecule has 0 spiro atoms. The van der Waals surface area contributed by atoms with Gasteiger partial charge in [0.1, 0.15) is 0 Å². The molecule has 0 radical (unpaired) electrons. The lowest BCUT2D eigenvalue weighted by molar-refractivity contribution is 0.00741. The molecule has 1 saturated heterocycles. The van der Waals surface area contributed by atoms with Gasteiger partial charge in [0, 0.05) is 19.1 Å². The number of β-amino-alcohol motifs (C(OH)–C–C–N with tert-alkyl or cyclic N) is 1. The fourth-order valence-electron chi connectivity index (χ4n) is 2.77. The minimum Gasteiger partial charge on any atom is -0.389 e. The van der Waals surface area contributed by atoms with Crippen molar-refractivity contribution in [2.75, 3.05) is 13.1 Å². The van der Waals surface area contributed by atoms with Crippen LogP contribution < -0.4 is 0 Å². The maximum Gasteiger partial charge on any atom is 0.0743 e. The number of aliphatic hydroxyl groups is 1. The van der Waals surface area contributed by atoms with Gasteiger partial charge in [0.15, 0.2) is 0 Å². The van der Waals surface area contributed by atoms with E-state index in [2.05, 4.69) is 11.8 Å². The van der Waals surface area contributed by atoms with Crippen LogP contribution in [-0.4, -0.2) is 34.7 Å². The molecule has 2 rings (SSSR count). The summed E-state index contributed by atoms with van der Waals surface area (Å²) in [6.45, 7) is 6.14. The fourth-order valence-corrected chi connectivity index (χ4v) is 2.77. The molecule has 2 nitrogen and oxygen atoms in total. The molecule has 0 aromatic rings. The third-order valence-electron chi connectivity index (χ3n) is 3.83. The van der Waals surface area contributed by atoms with Crippen molar-refractivity contribution in [2.45, 2.75) is 51.2 Å². The molecule has 2 heteroatoms.